The molecule has 23 heavy (non-hydrogen) atoms. The number of carbonyl (C=O) groups excluding carboxylic acids is 2. The van der Waals surface area contributed by atoms with Crippen LogP contribution < -0.4 is 5.32 Å². The maximum atomic E-state index is 12.9. The number of benzene rings is 1. The van der Waals surface area contributed by atoms with Crippen molar-refractivity contribution in [1.82, 2.24) is 4.90 Å². The maximum Gasteiger partial charge on any atom is 0.248 e. The van der Waals surface area contributed by atoms with Gasteiger partial charge in [0.15, 0.2) is 0 Å². The standard InChI is InChI=1S/C16H15FN2O3S/c17-12-1-3-13(4-2-12)18-16(21)14-9-23-10-19(14)15(20)7-11-5-6-22-8-11/h1-6,8,14H,7,9-10H2,(H,18,21)/t14-/m0/s1. The molecule has 1 fully saturated rings. The molecule has 0 aliphatic carbocycles. The lowest BCUT2D eigenvalue weighted by molar-refractivity contribution is -0.135. The molecular weight excluding hydrogens is 319 g/mol. The molecule has 1 atom stereocenters. The van der Waals surface area contributed by atoms with E-state index in [9.17, 15) is 14.0 Å². The molecule has 2 aromatic rings. The molecule has 0 radical (unpaired) electrons. The van der Waals surface area contributed by atoms with Gasteiger partial charge in [0.1, 0.15) is 11.9 Å². The van der Waals surface area contributed by atoms with Crippen molar-refractivity contribution >= 4 is 29.3 Å². The van der Waals surface area contributed by atoms with Crippen molar-refractivity contribution in [3.8, 4) is 0 Å². The molecule has 1 N–H and O–H groups in total. The minimum atomic E-state index is -0.524. The van der Waals surface area contributed by atoms with Crippen molar-refractivity contribution in [2.45, 2.75) is 12.5 Å². The fourth-order valence-electron chi connectivity index (χ4n) is 2.33. The van der Waals surface area contributed by atoms with Gasteiger partial charge < -0.3 is 14.6 Å². The third kappa shape index (κ3) is 3.73. The smallest absolute Gasteiger partial charge is 0.248 e. The second-order valence-corrected chi connectivity index (χ2v) is 6.18. The van der Waals surface area contributed by atoms with Crippen LogP contribution in [0.5, 0.6) is 0 Å². The number of carbonyl (C=O) groups is 2. The first-order valence-electron chi connectivity index (χ1n) is 7.08. The zero-order chi connectivity index (χ0) is 16.2. The molecule has 0 bridgehead atoms. The number of nitrogens with zero attached hydrogens (tertiary/aromatic N) is 1. The summed E-state index contributed by atoms with van der Waals surface area (Å²) < 4.78 is 17.9. The fourth-order valence-corrected chi connectivity index (χ4v) is 3.51. The summed E-state index contributed by atoms with van der Waals surface area (Å²) in [5.74, 6) is 0.289. The van der Waals surface area contributed by atoms with Gasteiger partial charge in [0, 0.05) is 11.4 Å². The zero-order valence-electron chi connectivity index (χ0n) is 12.2. The predicted octanol–water partition coefficient (Wildman–Crippen LogP) is 2.50. The Labute approximate surface area is 136 Å². The molecule has 1 saturated heterocycles. The molecule has 5 nitrogen and oxygen atoms in total. The first kappa shape index (κ1) is 15.6. The first-order chi connectivity index (χ1) is 11.1. The summed E-state index contributed by atoms with van der Waals surface area (Å²) in [5, 5.41) is 2.72. The Morgan fingerprint density at radius 1 is 1.30 bits per heavy atom. The largest absolute Gasteiger partial charge is 0.472 e. The number of furan rings is 1. The molecule has 120 valence electrons. The molecule has 3 rings (SSSR count). The predicted molar refractivity (Wildman–Crippen MR) is 85.4 cm³/mol. The number of hydrogen-bond donors (Lipinski definition) is 1. The molecule has 1 aromatic carbocycles. The molecule has 1 aromatic heterocycles. The van der Waals surface area contributed by atoms with Crippen LogP contribution in [0.1, 0.15) is 5.56 Å². The Balaban J connectivity index is 1.64. The van der Waals surface area contributed by atoms with E-state index < -0.39 is 6.04 Å². The van der Waals surface area contributed by atoms with E-state index in [1.807, 2.05) is 0 Å². The summed E-state index contributed by atoms with van der Waals surface area (Å²) in [7, 11) is 0. The van der Waals surface area contributed by atoms with E-state index in [1.165, 1.54) is 48.6 Å². The summed E-state index contributed by atoms with van der Waals surface area (Å²) in [5.41, 5.74) is 1.29. The number of rotatable bonds is 4. The quantitative estimate of drug-likeness (QED) is 0.933. The third-order valence-corrected chi connectivity index (χ3v) is 4.56. The van der Waals surface area contributed by atoms with E-state index in [4.69, 9.17) is 4.42 Å². The average molecular weight is 334 g/mol. The van der Waals surface area contributed by atoms with E-state index in [0.29, 0.717) is 17.3 Å². The molecule has 2 heterocycles. The summed E-state index contributed by atoms with van der Waals surface area (Å²) in [6, 6.07) is 6.75. The number of amides is 2. The van der Waals surface area contributed by atoms with Crippen LogP contribution in [0.4, 0.5) is 10.1 Å². The van der Waals surface area contributed by atoms with Crippen LogP contribution in [0.3, 0.4) is 0 Å². The number of anilines is 1. The Kier molecular flexibility index (Phi) is 4.66. The Hall–Kier alpha value is -2.28. The van der Waals surface area contributed by atoms with Gasteiger partial charge in [-0.05, 0) is 35.9 Å². The lowest BCUT2D eigenvalue weighted by atomic mass is 10.2. The molecule has 0 saturated carbocycles. The molecule has 7 heteroatoms. The number of hydrogen-bond acceptors (Lipinski definition) is 4. The highest BCUT2D eigenvalue weighted by molar-refractivity contribution is 7.99. The Morgan fingerprint density at radius 3 is 2.78 bits per heavy atom. The third-order valence-electron chi connectivity index (χ3n) is 3.55. The van der Waals surface area contributed by atoms with Crippen LogP contribution in [0, 0.1) is 5.82 Å². The normalized spacial score (nSPS) is 17.3. The first-order valence-corrected chi connectivity index (χ1v) is 8.23. The maximum absolute atomic E-state index is 12.9. The molecule has 1 aliphatic rings. The fraction of sp³-hybridized carbons (Fsp3) is 0.250. The molecule has 1 aliphatic heterocycles. The Morgan fingerprint density at radius 2 is 2.09 bits per heavy atom. The van der Waals surface area contributed by atoms with Crippen LogP contribution in [0.25, 0.3) is 0 Å². The van der Waals surface area contributed by atoms with Crippen molar-refractivity contribution in [3.05, 3.63) is 54.2 Å². The highest BCUT2D eigenvalue weighted by Gasteiger charge is 2.34. The second-order valence-electron chi connectivity index (χ2n) is 5.18. The van der Waals surface area contributed by atoms with Gasteiger partial charge in [0.05, 0.1) is 24.8 Å². The van der Waals surface area contributed by atoms with Gasteiger partial charge in [-0.15, -0.1) is 11.8 Å². The average Bonchev–Trinajstić information content (AvgIpc) is 3.20. The topological polar surface area (TPSA) is 62.6 Å². The van der Waals surface area contributed by atoms with Crippen molar-refractivity contribution in [1.29, 1.82) is 0 Å². The van der Waals surface area contributed by atoms with Crippen LogP contribution in [-0.4, -0.2) is 34.4 Å². The summed E-state index contributed by atoms with van der Waals surface area (Å²) in [6.07, 6.45) is 3.24. The number of thioether (sulfide) groups is 1. The minimum Gasteiger partial charge on any atom is -0.472 e. The van der Waals surface area contributed by atoms with E-state index in [0.717, 1.165) is 5.56 Å². The van der Waals surface area contributed by atoms with Gasteiger partial charge in [-0.3, -0.25) is 9.59 Å². The lowest BCUT2D eigenvalue weighted by Gasteiger charge is -2.23. The minimum absolute atomic E-state index is 0.115. The molecular formula is C16H15FN2O3S. The van der Waals surface area contributed by atoms with Gasteiger partial charge in [-0.2, -0.15) is 0 Å². The zero-order valence-corrected chi connectivity index (χ0v) is 13.0. The van der Waals surface area contributed by atoms with Gasteiger partial charge in [-0.1, -0.05) is 0 Å². The number of nitrogens with one attached hydrogen (secondary N) is 1. The summed E-state index contributed by atoms with van der Waals surface area (Å²) >= 11 is 1.53. The van der Waals surface area contributed by atoms with Crippen LogP contribution in [0.15, 0.2) is 47.3 Å². The van der Waals surface area contributed by atoms with Crippen LogP contribution in [-0.2, 0) is 16.0 Å². The summed E-state index contributed by atoms with van der Waals surface area (Å²) in [6.45, 7) is 0. The summed E-state index contributed by atoms with van der Waals surface area (Å²) in [4.78, 5) is 26.3. The highest BCUT2D eigenvalue weighted by Crippen LogP contribution is 2.23. The Bertz CT molecular complexity index is 688. The molecule has 0 unspecified atom stereocenters. The lowest BCUT2D eigenvalue weighted by Crippen LogP contribution is -2.45. The van der Waals surface area contributed by atoms with Crippen molar-refractivity contribution in [3.63, 3.8) is 0 Å². The van der Waals surface area contributed by atoms with Crippen molar-refractivity contribution in [2.75, 3.05) is 16.9 Å². The van der Waals surface area contributed by atoms with Gasteiger partial charge in [-0.25, -0.2) is 4.39 Å². The van der Waals surface area contributed by atoms with Crippen LogP contribution in [0.2, 0.25) is 0 Å². The highest BCUT2D eigenvalue weighted by atomic mass is 32.2. The van der Waals surface area contributed by atoms with Gasteiger partial charge in [0.2, 0.25) is 11.8 Å². The molecule has 0 spiro atoms. The SMILES string of the molecule is O=C(Nc1ccc(F)cc1)[C@@H]1CSCN1C(=O)Cc1ccoc1. The monoisotopic (exact) mass is 334 g/mol. The van der Waals surface area contributed by atoms with E-state index in [-0.39, 0.29) is 24.1 Å². The van der Waals surface area contributed by atoms with E-state index in [2.05, 4.69) is 5.32 Å². The van der Waals surface area contributed by atoms with Crippen molar-refractivity contribution in [2.24, 2.45) is 0 Å². The molecule has 2 amide bonds. The second kappa shape index (κ2) is 6.87. The van der Waals surface area contributed by atoms with E-state index >= 15 is 0 Å². The number of halogens is 1. The van der Waals surface area contributed by atoms with Crippen molar-refractivity contribution < 1.29 is 18.4 Å². The van der Waals surface area contributed by atoms with Gasteiger partial charge in [0.25, 0.3) is 0 Å². The van der Waals surface area contributed by atoms with Crippen LogP contribution >= 0.6 is 11.8 Å². The van der Waals surface area contributed by atoms with E-state index in [1.54, 1.807) is 11.0 Å². The van der Waals surface area contributed by atoms with Gasteiger partial charge >= 0.3 is 0 Å².